The predicted octanol–water partition coefficient (Wildman–Crippen LogP) is 3.58. The minimum atomic E-state index is -0.839. The van der Waals surface area contributed by atoms with Crippen molar-refractivity contribution in [3.63, 3.8) is 0 Å². The maximum Gasteiger partial charge on any atom is 0.408 e. The van der Waals surface area contributed by atoms with E-state index in [2.05, 4.69) is 10.6 Å². The second kappa shape index (κ2) is 9.16. The molecule has 0 radical (unpaired) electrons. The maximum absolute atomic E-state index is 13.7. The Kier molecular flexibility index (Phi) is 6.93. The Morgan fingerprint density at radius 1 is 1.04 bits per heavy atom. The molecule has 5 nitrogen and oxygen atoms in total. The van der Waals surface area contributed by atoms with E-state index in [0.29, 0.717) is 12.0 Å². The van der Waals surface area contributed by atoms with Crippen molar-refractivity contribution in [2.24, 2.45) is 0 Å². The van der Waals surface area contributed by atoms with Crippen LogP contribution in [0.4, 0.5) is 9.18 Å². The molecule has 6 heteroatoms. The van der Waals surface area contributed by atoms with E-state index in [1.165, 1.54) is 6.07 Å². The van der Waals surface area contributed by atoms with Gasteiger partial charge in [0.25, 0.3) is 0 Å². The largest absolute Gasteiger partial charge is 0.444 e. The molecule has 0 saturated heterocycles. The Labute approximate surface area is 158 Å². The van der Waals surface area contributed by atoms with Crippen LogP contribution in [-0.4, -0.2) is 23.6 Å². The SMILES string of the molecule is CC(C)(C)OC(=O)N[C@H](Cc1ccccc1)C(=O)NCc1ccccc1F. The number of amides is 2. The standard InChI is InChI=1S/C21H25FN2O3/c1-21(2,3)27-20(26)24-18(13-15-9-5-4-6-10-15)19(25)23-14-16-11-7-8-12-17(16)22/h4-12,18H,13-14H2,1-3H3,(H,23,25)(H,24,26)/t18-/m1/s1. The van der Waals surface area contributed by atoms with Crippen molar-refractivity contribution in [3.8, 4) is 0 Å². The number of hydrogen-bond donors (Lipinski definition) is 2. The summed E-state index contributed by atoms with van der Waals surface area (Å²) in [6.07, 6.45) is -0.382. The lowest BCUT2D eigenvalue weighted by molar-refractivity contribution is -0.123. The summed E-state index contributed by atoms with van der Waals surface area (Å²) in [5, 5.41) is 5.28. The Morgan fingerprint density at radius 3 is 2.30 bits per heavy atom. The first-order valence-electron chi connectivity index (χ1n) is 8.79. The van der Waals surface area contributed by atoms with Crippen molar-refractivity contribution in [1.29, 1.82) is 0 Å². The van der Waals surface area contributed by atoms with Gasteiger partial charge in [-0.05, 0) is 32.4 Å². The quantitative estimate of drug-likeness (QED) is 0.814. The number of benzene rings is 2. The molecule has 144 valence electrons. The lowest BCUT2D eigenvalue weighted by Gasteiger charge is -2.23. The van der Waals surface area contributed by atoms with Gasteiger partial charge in [-0.2, -0.15) is 0 Å². The zero-order chi connectivity index (χ0) is 19.9. The Balaban J connectivity index is 2.06. The van der Waals surface area contributed by atoms with Crippen molar-refractivity contribution < 1.29 is 18.7 Å². The second-order valence-corrected chi connectivity index (χ2v) is 7.20. The van der Waals surface area contributed by atoms with Crippen molar-refractivity contribution in [3.05, 3.63) is 71.5 Å². The lowest BCUT2D eigenvalue weighted by Crippen LogP contribution is -2.49. The van der Waals surface area contributed by atoms with Crippen LogP contribution >= 0.6 is 0 Å². The number of carbonyl (C=O) groups excluding carboxylic acids is 2. The van der Waals surface area contributed by atoms with Crippen LogP contribution in [0.2, 0.25) is 0 Å². The molecule has 0 spiro atoms. The van der Waals surface area contributed by atoms with Gasteiger partial charge in [0, 0.05) is 18.5 Å². The summed E-state index contributed by atoms with van der Waals surface area (Å²) >= 11 is 0. The normalized spacial score (nSPS) is 12.1. The third kappa shape index (κ3) is 7.09. The lowest BCUT2D eigenvalue weighted by atomic mass is 10.1. The number of carbonyl (C=O) groups is 2. The van der Waals surface area contributed by atoms with Gasteiger partial charge < -0.3 is 15.4 Å². The van der Waals surface area contributed by atoms with Crippen LogP contribution < -0.4 is 10.6 Å². The summed E-state index contributed by atoms with van der Waals surface area (Å²) in [5.41, 5.74) is 0.589. The van der Waals surface area contributed by atoms with Crippen LogP contribution in [0.5, 0.6) is 0 Å². The first-order valence-corrected chi connectivity index (χ1v) is 8.79. The molecule has 2 aromatic rings. The summed E-state index contributed by atoms with van der Waals surface area (Å²) in [4.78, 5) is 24.7. The zero-order valence-corrected chi connectivity index (χ0v) is 15.8. The van der Waals surface area contributed by atoms with Crippen LogP contribution in [0.25, 0.3) is 0 Å². The fourth-order valence-electron chi connectivity index (χ4n) is 2.46. The molecular formula is C21H25FN2O3. The number of rotatable bonds is 6. The fraction of sp³-hybridized carbons (Fsp3) is 0.333. The highest BCUT2D eigenvalue weighted by Gasteiger charge is 2.24. The average Bonchev–Trinajstić information content (AvgIpc) is 2.59. The van der Waals surface area contributed by atoms with Crippen LogP contribution in [0, 0.1) is 5.82 Å². The summed E-state index contributed by atoms with van der Waals surface area (Å²) in [6, 6.07) is 14.7. The van der Waals surface area contributed by atoms with Gasteiger partial charge in [0.15, 0.2) is 0 Å². The summed E-state index contributed by atoms with van der Waals surface area (Å²) in [7, 11) is 0. The molecule has 2 N–H and O–H groups in total. The maximum atomic E-state index is 13.7. The molecule has 0 aliphatic carbocycles. The first-order chi connectivity index (χ1) is 12.7. The third-order valence-corrected chi connectivity index (χ3v) is 3.70. The number of alkyl carbamates (subject to hydrolysis) is 1. The van der Waals surface area contributed by atoms with Crippen LogP contribution in [0.3, 0.4) is 0 Å². The fourth-order valence-corrected chi connectivity index (χ4v) is 2.46. The Bertz CT molecular complexity index is 772. The summed E-state index contributed by atoms with van der Waals surface area (Å²) in [6.45, 7) is 5.28. The van der Waals surface area contributed by atoms with Gasteiger partial charge in [0.2, 0.25) is 5.91 Å². The molecule has 2 amide bonds. The molecule has 0 aliphatic rings. The van der Waals surface area contributed by atoms with Gasteiger partial charge in [0.05, 0.1) is 0 Å². The Hall–Kier alpha value is -2.89. The van der Waals surface area contributed by atoms with E-state index < -0.39 is 29.5 Å². The van der Waals surface area contributed by atoms with Gasteiger partial charge in [-0.1, -0.05) is 48.5 Å². The number of ether oxygens (including phenoxy) is 1. The van der Waals surface area contributed by atoms with Crippen molar-refractivity contribution in [2.75, 3.05) is 0 Å². The van der Waals surface area contributed by atoms with E-state index in [9.17, 15) is 14.0 Å². The molecule has 0 unspecified atom stereocenters. The van der Waals surface area contributed by atoms with Crippen LogP contribution in [-0.2, 0) is 22.5 Å². The van der Waals surface area contributed by atoms with E-state index in [-0.39, 0.29) is 6.54 Å². The highest BCUT2D eigenvalue weighted by Crippen LogP contribution is 2.10. The number of halogens is 1. The minimum absolute atomic E-state index is 0.0345. The predicted molar refractivity (Wildman–Crippen MR) is 102 cm³/mol. The van der Waals surface area contributed by atoms with Crippen molar-refractivity contribution in [1.82, 2.24) is 10.6 Å². The molecule has 0 aliphatic heterocycles. The van der Waals surface area contributed by atoms with Gasteiger partial charge in [-0.3, -0.25) is 4.79 Å². The molecular weight excluding hydrogens is 347 g/mol. The van der Waals surface area contributed by atoms with Crippen LogP contribution in [0.1, 0.15) is 31.9 Å². The third-order valence-electron chi connectivity index (χ3n) is 3.70. The molecule has 1 atom stereocenters. The van der Waals surface area contributed by atoms with Gasteiger partial charge >= 0.3 is 6.09 Å². The zero-order valence-electron chi connectivity index (χ0n) is 15.8. The monoisotopic (exact) mass is 372 g/mol. The average molecular weight is 372 g/mol. The topological polar surface area (TPSA) is 67.4 Å². The molecule has 0 heterocycles. The first kappa shape index (κ1) is 20.4. The van der Waals surface area contributed by atoms with E-state index >= 15 is 0 Å². The van der Waals surface area contributed by atoms with E-state index in [0.717, 1.165) is 5.56 Å². The van der Waals surface area contributed by atoms with Gasteiger partial charge in [-0.15, -0.1) is 0 Å². The number of hydrogen-bond acceptors (Lipinski definition) is 3. The molecule has 27 heavy (non-hydrogen) atoms. The van der Waals surface area contributed by atoms with E-state index in [4.69, 9.17) is 4.74 Å². The second-order valence-electron chi connectivity index (χ2n) is 7.20. The summed E-state index contributed by atoms with van der Waals surface area (Å²) < 4.78 is 19.0. The Morgan fingerprint density at radius 2 is 1.67 bits per heavy atom. The van der Waals surface area contributed by atoms with E-state index in [1.54, 1.807) is 39.0 Å². The molecule has 2 rings (SSSR count). The molecule has 0 bridgehead atoms. The molecule has 0 aromatic heterocycles. The highest BCUT2D eigenvalue weighted by molar-refractivity contribution is 5.86. The van der Waals surface area contributed by atoms with Crippen LogP contribution in [0.15, 0.2) is 54.6 Å². The minimum Gasteiger partial charge on any atom is -0.444 e. The summed E-state index contributed by atoms with van der Waals surface area (Å²) in [5.74, 6) is -0.800. The van der Waals surface area contributed by atoms with Gasteiger partial charge in [-0.25, -0.2) is 9.18 Å². The molecule has 2 aromatic carbocycles. The highest BCUT2D eigenvalue weighted by atomic mass is 19.1. The van der Waals surface area contributed by atoms with Crippen molar-refractivity contribution in [2.45, 2.75) is 45.4 Å². The molecule has 0 saturated carbocycles. The van der Waals surface area contributed by atoms with E-state index in [1.807, 2.05) is 30.3 Å². The molecule has 0 fully saturated rings. The van der Waals surface area contributed by atoms with Crippen molar-refractivity contribution >= 4 is 12.0 Å². The number of nitrogens with one attached hydrogen (secondary N) is 2. The smallest absolute Gasteiger partial charge is 0.408 e. The van der Waals surface area contributed by atoms with Gasteiger partial charge in [0.1, 0.15) is 17.5 Å².